The Labute approximate surface area is 120 Å². The molecular weight excluding hydrogens is 304 g/mol. The predicted octanol–water partition coefficient (Wildman–Crippen LogP) is 0.332. The molecule has 1 aromatic rings. The highest BCUT2D eigenvalue weighted by Crippen LogP contribution is 2.27. The highest BCUT2D eigenvalue weighted by atomic mass is 32.2. The van der Waals surface area contributed by atoms with E-state index in [0.717, 1.165) is 17.4 Å². The molecule has 1 aliphatic rings. The van der Waals surface area contributed by atoms with Crippen molar-refractivity contribution in [2.45, 2.75) is 17.1 Å². The lowest BCUT2D eigenvalue weighted by Crippen LogP contribution is -2.43. The Hall–Kier alpha value is -1.45. The lowest BCUT2D eigenvalue weighted by Gasteiger charge is -2.29. The van der Waals surface area contributed by atoms with Gasteiger partial charge in [-0.2, -0.15) is 4.31 Å². The zero-order valence-corrected chi connectivity index (χ0v) is 12.1. The number of aromatic carboxylic acids is 1. The molecule has 2 rings (SSSR count). The number of nitrogens with two attached hydrogens (primary N) is 1. The molecule has 1 saturated heterocycles. The number of primary amides is 1. The molecule has 110 valence electrons. The van der Waals surface area contributed by atoms with Crippen LogP contribution in [0.5, 0.6) is 0 Å². The summed E-state index contributed by atoms with van der Waals surface area (Å²) in [5.74, 6) is -2.17. The maximum absolute atomic E-state index is 12.4. The van der Waals surface area contributed by atoms with Crippen LogP contribution in [0.1, 0.15) is 23.2 Å². The number of nitrogens with zero attached hydrogens (tertiary/aromatic N) is 1. The van der Waals surface area contributed by atoms with E-state index in [2.05, 4.69) is 0 Å². The molecule has 0 bridgehead atoms. The van der Waals surface area contributed by atoms with Gasteiger partial charge in [-0.05, 0) is 18.9 Å². The fraction of sp³-hybridized carbons (Fsp3) is 0.455. The molecular formula is C11H14N2O5S2. The molecule has 1 unspecified atom stereocenters. The Morgan fingerprint density at radius 1 is 1.45 bits per heavy atom. The Bertz CT molecular complexity index is 637. The van der Waals surface area contributed by atoms with Gasteiger partial charge in [-0.3, -0.25) is 4.79 Å². The second-order valence-corrected chi connectivity index (χ2v) is 7.64. The molecule has 2 heterocycles. The number of amides is 1. The van der Waals surface area contributed by atoms with Gasteiger partial charge in [-0.25, -0.2) is 13.2 Å². The molecule has 1 aromatic heterocycles. The van der Waals surface area contributed by atoms with Crippen molar-refractivity contribution < 1.29 is 23.1 Å². The van der Waals surface area contributed by atoms with Crippen LogP contribution in [-0.2, 0) is 14.8 Å². The minimum Gasteiger partial charge on any atom is -0.478 e. The zero-order chi connectivity index (χ0) is 14.9. The second kappa shape index (κ2) is 5.51. The van der Waals surface area contributed by atoms with Gasteiger partial charge >= 0.3 is 5.97 Å². The summed E-state index contributed by atoms with van der Waals surface area (Å²) >= 11 is 0.861. The number of carbonyl (C=O) groups is 2. The van der Waals surface area contributed by atoms with E-state index in [9.17, 15) is 18.0 Å². The minimum absolute atomic E-state index is 0.0278. The zero-order valence-electron chi connectivity index (χ0n) is 10.5. The summed E-state index contributed by atoms with van der Waals surface area (Å²) in [5.41, 5.74) is 5.16. The van der Waals surface area contributed by atoms with Gasteiger partial charge in [0.25, 0.3) is 10.0 Å². The average molecular weight is 318 g/mol. The smallest absolute Gasteiger partial charge is 0.336 e. The number of sulfonamides is 1. The number of rotatable bonds is 4. The topological polar surface area (TPSA) is 118 Å². The van der Waals surface area contributed by atoms with Crippen LogP contribution in [0.25, 0.3) is 0 Å². The number of carboxylic acid groups (broad SMARTS) is 1. The van der Waals surface area contributed by atoms with Crippen molar-refractivity contribution in [1.82, 2.24) is 4.31 Å². The van der Waals surface area contributed by atoms with Gasteiger partial charge in [0.1, 0.15) is 4.21 Å². The van der Waals surface area contributed by atoms with E-state index in [4.69, 9.17) is 10.8 Å². The molecule has 0 aromatic carbocycles. The maximum Gasteiger partial charge on any atom is 0.336 e. The predicted molar refractivity (Wildman–Crippen MR) is 72.0 cm³/mol. The van der Waals surface area contributed by atoms with Gasteiger partial charge in [-0.1, -0.05) is 0 Å². The van der Waals surface area contributed by atoms with Crippen molar-refractivity contribution in [3.05, 3.63) is 17.0 Å². The first-order chi connectivity index (χ1) is 9.32. The van der Waals surface area contributed by atoms with Crippen molar-refractivity contribution >= 4 is 33.2 Å². The fourth-order valence-corrected chi connectivity index (χ4v) is 4.91. The number of thiophene rings is 1. The molecule has 1 fully saturated rings. The van der Waals surface area contributed by atoms with Gasteiger partial charge in [-0.15, -0.1) is 11.3 Å². The van der Waals surface area contributed by atoms with Crippen molar-refractivity contribution in [3.63, 3.8) is 0 Å². The summed E-state index contributed by atoms with van der Waals surface area (Å²) in [5, 5.41) is 10.1. The maximum atomic E-state index is 12.4. The van der Waals surface area contributed by atoms with E-state index in [1.165, 1.54) is 9.69 Å². The molecule has 7 nitrogen and oxygen atoms in total. The summed E-state index contributed by atoms with van der Waals surface area (Å²) in [7, 11) is -3.76. The van der Waals surface area contributed by atoms with Crippen molar-refractivity contribution in [1.29, 1.82) is 0 Å². The van der Waals surface area contributed by atoms with Crippen molar-refractivity contribution in [3.8, 4) is 0 Å². The molecule has 0 spiro atoms. The third-order valence-electron chi connectivity index (χ3n) is 3.20. The molecule has 1 amide bonds. The summed E-state index contributed by atoms with van der Waals surface area (Å²) in [4.78, 5) is 22.0. The Morgan fingerprint density at radius 2 is 2.15 bits per heavy atom. The van der Waals surface area contributed by atoms with Crippen LogP contribution in [-0.4, -0.2) is 42.8 Å². The Kier molecular flexibility index (Phi) is 4.11. The second-order valence-electron chi connectivity index (χ2n) is 4.56. The number of hydrogen-bond acceptors (Lipinski definition) is 5. The number of carboxylic acids is 1. The molecule has 1 aliphatic heterocycles. The highest BCUT2D eigenvalue weighted by Gasteiger charge is 2.33. The quantitative estimate of drug-likeness (QED) is 0.829. The Balaban J connectivity index is 2.25. The summed E-state index contributed by atoms with van der Waals surface area (Å²) in [6, 6.07) is 1.14. The highest BCUT2D eigenvalue weighted by molar-refractivity contribution is 7.91. The van der Waals surface area contributed by atoms with Crippen LogP contribution in [0, 0.1) is 5.92 Å². The summed E-state index contributed by atoms with van der Waals surface area (Å²) < 4.78 is 25.9. The molecule has 0 saturated carbocycles. The lowest BCUT2D eigenvalue weighted by atomic mass is 9.99. The third-order valence-corrected chi connectivity index (χ3v) is 6.48. The summed E-state index contributed by atoms with van der Waals surface area (Å²) in [6.45, 7) is 0.365. The van der Waals surface area contributed by atoms with Crippen LogP contribution in [0.4, 0.5) is 0 Å². The number of carbonyl (C=O) groups excluding carboxylic acids is 1. The van der Waals surface area contributed by atoms with Gasteiger partial charge in [0.05, 0.1) is 11.5 Å². The van der Waals surface area contributed by atoms with E-state index >= 15 is 0 Å². The standard InChI is InChI=1S/C11H14N2O5S2/c12-10(14)7-2-1-3-13(5-7)20(17,18)9-4-8(6-19-9)11(15)16/h4,6-7H,1-3,5H2,(H2,12,14)(H,15,16). The minimum atomic E-state index is -3.76. The van der Waals surface area contributed by atoms with E-state index in [1.54, 1.807) is 0 Å². The number of piperidine rings is 1. The van der Waals surface area contributed by atoms with Crippen molar-refractivity contribution in [2.24, 2.45) is 11.7 Å². The van der Waals surface area contributed by atoms with E-state index in [-0.39, 0.29) is 16.3 Å². The van der Waals surface area contributed by atoms with Gasteiger partial charge in [0.2, 0.25) is 5.91 Å². The lowest BCUT2D eigenvalue weighted by molar-refractivity contribution is -0.122. The molecule has 9 heteroatoms. The number of hydrogen-bond donors (Lipinski definition) is 2. The first kappa shape index (κ1) is 14.9. The SMILES string of the molecule is NC(=O)C1CCCN(S(=O)(=O)c2cc(C(=O)O)cs2)C1. The fourth-order valence-electron chi connectivity index (χ4n) is 2.08. The van der Waals surface area contributed by atoms with Gasteiger partial charge in [0.15, 0.2) is 0 Å². The van der Waals surface area contributed by atoms with Crippen molar-refractivity contribution in [2.75, 3.05) is 13.1 Å². The third kappa shape index (κ3) is 2.84. The van der Waals surface area contributed by atoms with Gasteiger partial charge in [0, 0.05) is 18.5 Å². The molecule has 3 N–H and O–H groups in total. The van der Waals surface area contributed by atoms with Crippen LogP contribution in [0.15, 0.2) is 15.7 Å². The molecule has 20 heavy (non-hydrogen) atoms. The first-order valence-corrected chi connectivity index (χ1v) is 8.25. The largest absolute Gasteiger partial charge is 0.478 e. The van der Waals surface area contributed by atoms with Gasteiger partial charge < -0.3 is 10.8 Å². The first-order valence-electron chi connectivity index (χ1n) is 5.93. The summed E-state index contributed by atoms with van der Waals surface area (Å²) in [6.07, 6.45) is 1.14. The van der Waals surface area contributed by atoms with E-state index in [1.807, 2.05) is 0 Å². The van der Waals surface area contributed by atoms with Crippen LogP contribution >= 0.6 is 11.3 Å². The normalized spacial score (nSPS) is 20.7. The molecule has 1 atom stereocenters. The average Bonchev–Trinajstić information content (AvgIpc) is 2.89. The van der Waals surface area contributed by atoms with Crippen LogP contribution in [0.3, 0.4) is 0 Å². The van der Waals surface area contributed by atoms with Crippen LogP contribution < -0.4 is 5.73 Å². The van der Waals surface area contributed by atoms with Crippen LogP contribution in [0.2, 0.25) is 0 Å². The van der Waals surface area contributed by atoms with E-state index in [0.29, 0.717) is 19.4 Å². The molecule has 0 radical (unpaired) electrons. The monoisotopic (exact) mass is 318 g/mol. The van der Waals surface area contributed by atoms with E-state index < -0.39 is 27.8 Å². The Morgan fingerprint density at radius 3 is 2.70 bits per heavy atom. The molecule has 0 aliphatic carbocycles.